The number of aliphatic hydroxyl groups excluding tert-OH is 1. The third kappa shape index (κ3) is 6.72. The van der Waals surface area contributed by atoms with Crippen LogP contribution in [0.3, 0.4) is 0 Å². The summed E-state index contributed by atoms with van der Waals surface area (Å²) in [4.78, 5) is 39.1. The fraction of sp³-hybridized carbons (Fsp3) is 0.645. The number of carboxylic acid groups (broad SMARTS) is 1. The molecule has 39 heavy (non-hydrogen) atoms. The first kappa shape index (κ1) is 29.3. The summed E-state index contributed by atoms with van der Waals surface area (Å²) in [5.74, 6) is -0.344. The van der Waals surface area contributed by atoms with Crippen LogP contribution in [0.1, 0.15) is 96.0 Å². The summed E-state index contributed by atoms with van der Waals surface area (Å²) in [5.41, 5.74) is 3.84. The van der Waals surface area contributed by atoms with Crippen molar-refractivity contribution in [2.24, 2.45) is 17.8 Å². The van der Waals surface area contributed by atoms with Gasteiger partial charge in [-0.3, -0.25) is 19.3 Å². The van der Waals surface area contributed by atoms with E-state index in [-0.39, 0.29) is 48.7 Å². The van der Waals surface area contributed by atoms with Gasteiger partial charge in [0.05, 0.1) is 24.5 Å². The van der Waals surface area contributed by atoms with Gasteiger partial charge in [-0.05, 0) is 68.7 Å². The number of aliphatic carboxylic acids is 1. The summed E-state index contributed by atoms with van der Waals surface area (Å²) in [7, 11) is 0. The number of imide groups is 1. The van der Waals surface area contributed by atoms with Crippen molar-refractivity contribution < 1.29 is 33.8 Å². The smallest absolute Gasteiger partial charge is 0.303 e. The first-order valence-electron chi connectivity index (χ1n) is 14.7. The first-order chi connectivity index (χ1) is 18.9. The molecule has 1 aliphatic carbocycles. The molecular formula is C31H43NO7. The summed E-state index contributed by atoms with van der Waals surface area (Å²) >= 11 is 0. The average Bonchev–Trinajstić information content (AvgIpc) is 3.60. The van der Waals surface area contributed by atoms with E-state index >= 15 is 0 Å². The molecule has 8 heteroatoms. The summed E-state index contributed by atoms with van der Waals surface area (Å²) in [6.07, 6.45) is 10.2. The van der Waals surface area contributed by atoms with Crippen LogP contribution in [-0.2, 0) is 25.7 Å². The van der Waals surface area contributed by atoms with Crippen molar-refractivity contribution in [2.75, 3.05) is 13.2 Å². The molecule has 214 valence electrons. The van der Waals surface area contributed by atoms with Gasteiger partial charge in [0.15, 0.2) is 0 Å². The topological polar surface area (TPSA) is 117 Å². The summed E-state index contributed by atoms with van der Waals surface area (Å²) in [6.45, 7) is 5.03. The monoisotopic (exact) mass is 541 g/mol. The minimum Gasteiger partial charge on any atom is -0.481 e. The Hall–Kier alpha value is -2.71. The molecule has 0 spiro atoms. The number of allylic oxidation sites excluding steroid dienone is 2. The standard InChI is InChI=1S/C31H43NO7/c1-3-8-20(16-22-12-13-23(18-33)39-22)11-14-26-28-21(9-4-2)17-24-29(25(28)19-38-26)31(37)32(30(24)36)15-7-5-6-10-27(34)35/h12-13,16,24-26,29,33H,3-11,14-15,17-19H2,1-2H3,(H,34,35)/b20-16+/t24-,25+,26-,29-/m1/s1. The summed E-state index contributed by atoms with van der Waals surface area (Å²) in [5, 5.41) is 18.2. The predicted octanol–water partition coefficient (Wildman–Crippen LogP) is 5.50. The number of hydrogen-bond donors (Lipinski definition) is 2. The van der Waals surface area contributed by atoms with Gasteiger partial charge in [-0.2, -0.15) is 0 Å². The number of carboxylic acids is 1. The average molecular weight is 542 g/mol. The van der Waals surface area contributed by atoms with Crippen molar-refractivity contribution in [1.82, 2.24) is 4.90 Å². The van der Waals surface area contributed by atoms with Gasteiger partial charge in [-0.15, -0.1) is 0 Å². The van der Waals surface area contributed by atoms with Crippen molar-refractivity contribution >= 4 is 23.9 Å². The van der Waals surface area contributed by atoms with Crippen LogP contribution in [-0.4, -0.2) is 52.2 Å². The van der Waals surface area contributed by atoms with E-state index in [2.05, 4.69) is 19.9 Å². The zero-order chi connectivity index (χ0) is 27.9. The number of ether oxygens (including phenoxy) is 1. The van der Waals surface area contributed by atoms with Crippen LogP contribution in [0.15, 0.2) is 33.3 Å². The molecule has 0 unspecified atom stereocenters. The highest BCUT2D eigenvalue weighted by Crippen LogP contribution is 2.50. The number of likely N-dealkylation sites (tertiary alicyclic amines) is 1. The third-order valence-corrected chi connectivity index (χ3v) is 8.41. The molecule has 2 aliphatic heterocycles. The Morgan fingerprint density at radius 1 is 1.05 bits per heavy atom. The van der Waals surface area contributed by atoms with E-state index in [1.54, 1.807) is 6.07 Å². The van der Waals surface area contributed by atoms with Gasteiger partial charge >= 0.3 is 5.97 Å². The number of carbonyl (C=O) groups excluding carboxylic acids is 2. The van der Waals surface area contributed by atoms with Crippen molar-refractivity contribution in [2.45, 2.75) is 97.2 Å². The molecular weight excluding hydrogens is 498 g/mol. The number of amides is 2. The highest BCUT2D eigenvalue weighted by atomic mass is 16.5. The van der Waals surface area contributed by atoms with Crippen LogP contribution >= 0.6 is 0 Å². The Bertz CT molecular complexity index is 1100. The van der Waals surface area contributed by atoms with Gasteiger partial charge in [0.1, 0.15) is 18.1 Å². The third-order valence-electron chi connectivity index (χ3n) is 8.41. The van der Waals surface area contributed by atoms with Crippen LogP contribution < -0.4 is 0 Å². The molecule has 1 aromatic rings. The van der Waals surface area contributed by atoms with Crippen LogP contribution in [0, 0.1) is 17.8 Å². The van der Waals surface area contributed by atoms with Crippen LogP contribution in [0.4, 0.5) is 0 Å². The summed E-state index contributed by atoms with van der Waals surface area (Å²) < 4.78 is 12.0. The number of rotatable bonds is 15. The first-order valence-corrected chi connectivity index (χ1v) is 14.7. The second-order valence-electron chi connectivity index (χ2n) is 11.2. The van der Waals surface area contributed by atoms with Crippen LogP contribution in [0.5, 0.6) is 0 Å². The molecule has 4 rings (SSSR count). The van der Waals surface area contributed by atoms with Gasteiger partial charge in [0.25, 0.3) is 0 Å². The molecule has 0 aromatic carbocycles. The van der Waals surface area contributed by atoms with E-state index < -0.39 is 5.97 Å². The number of furan rings is 1. The van der Waals surface area contributed by atoms with E-state index in [0.717, 1.165) is 44.3 Å². The molecule has 2 saturated heterocycles. The van der Waals surface area contributed by atoms with E-state index in [4.69, 9.17) is 14.3 Å². The van der Waals surface area contributed by atoms with E-state index in [9.17, 15) is 19.5 Å². The van der Waals surface area contributed by atoms with Crippen LogP contribution in [0.2, 0.25) is 0 Å². The van der Waals surface area contributed by atoms with Crippen molar-refractivity contribution in [3.8, 4) is 0 Å². The molecule has 8 nitrogen and oxygen atoms in total. The van der Waals surface area contributed by atoms with E-state index in [1.165, 1.54) is 21.6 Å². The molecule has 1 aromatic heterocycles. The van der Waals surface area contributed by atoms with Crippen LogP contribution in [0.25, 0.3) is 6.08 Å². The SMILES string of the molecule is CCCC1=C2[C@@H](CC/C(=C/c3ccc(CO)o3)CCC)OC[C@@H]2[C@@H]2C(=O)N(CCCCCC(=O)O)C(=O)[C@@H]2C1. The Kier molecular flexibility index (Phi) is 10.2. The molecule has 3 aliphatic rings. The lowest BCUT2D eigenvalue weighted by Gasteiger charge is -2.32. The van der Waals surface area contributed by atoms with Crippen molar-refractivity contribution in [3.05, 3.63) is 40.4 Å². The normalized spacial score (nSPS) is 25.0. The molecule has 0 radical (unpaired) electrons. The van der Waals surface area contributed by atoms with Gasteiger partial charge in [-0.1, -0.05) is 44.3 Å². The summed E-state index contributed by atoms with van der Waals surface area (Å²) in [6, 6.07) is 3.67. The molecule has 3 heterocycles. The largest absolute Gasteiger partial charge is 0.481 e. The van der Waals surface area contributed by atoms with E-state index in [1.807, 2.05) is 6.07 Å². The number of carbonyl (C=O) groups is 3. The lowest BCUT2D eigenvalue weighted by Crippen LogP contribution is -2.34. The Labute approximate surface area is 231 Å². The number of fused-ring (bicyclic) bond motifs is 3. The molecule has 2 amide bonds. The van der Waals surface area contributed by atoms with Gasteiger partial charge in [-0.25, -0.2) is 0 Å². The number of hydrogen-bond acceptors (Lipinski definition) is 6. The van der Waals surface area contributed by atoms with Gasteiger partial charge < -0.3 is 19.4 Å². The molecule has 4 atom stereocenters. The van der Waals surface area contributed by atoms with Crippen molar-refractivity contribution in [3.63, 3.8) is 0 Å². The number of aliphatic hydroxyl groups is 1. The Morgan fingerprint density at radius 3 is 2.56 bits per heavy atom. The van der Waals surface area contributed by atoms with E-state index in [0.29, 0.717) is 44.6 Å². The fourth-order valence-corrected chi connectivity index (χ4v) is 6.69. The lowest BCUT2D eigenvalue weighted by atomic mass is 9.68. The second-order valence-corrected chi connectivity index (χ2v) is 11.2. The zero-order valence-corrected chi connectivity index (χ0v) is 23.3. The minimum atomic E-state index is -0.818. The lowest BCUT2D eigenvalue weighted by molar-refractivity contribution is -0.141. The van der Waals surface area contributed by atoms with Gasteiger partial charge in [0, 0.05) is 18.9 Å². The Morgan fingerprint density at radius 2 is 1.87 bits per heavy atom. The van der Waals surface area contributed by atoms with Crippen molar-refractivity contribution in [1.29, 1.82) is 0 Å². The highest BCUT2D eigenvalue weighted by Gasteiger charge is 2.56. The minimum absolute atomic E-state index is 0.0421. The fourth-order valence-electron chi connectivity index (χ4n) is 6.69. The zero-order valence-electron chi connectivity index (χ0n) is 23.3. The molecule has 0 saturated carbocycles. The molecule has 0 bridgehead atoms. The quantitative estimate of drug-likeness (QED) is 0.171. The highest BCUT2D eigenvalue weighted by molar-refractivity contribution is 6.05. The maximum absolute atomic E-state index is 13.5. The number of unbranched alkanes of at least 4 members (excludes halogenated alkanes) is 2. The maximum Gasteiger partial charge on any atom is 0.303 e. The second kappa shape index (κ2) is 13.6. The maximum atomic E-state index is 13.5. The van der Waals surface area contributed by atoms with Gasteiger partial charge in [0.2, 0.25) is 11.8 Å². The molecule has 2 fully saturated rings. The predicted molar refractivity (Wildman–Crippen MR) is 146 cm³/mol. The Balaban J connectivity index is 1.45. The number of nitrogens with zero attached hydrogens (tertiary/aromatic N) is 1. The molecule has 2 N–H and O–H groups in total.